The minimum Gasteiger partial charge on any atom is -0.542 e. The maximum Gasteiger partial charge on any atom is 0.275 e. The Morgan fingerprint density at radius 3 is 2.47 bits per heavy atom. The van der Waals surface area contributed by atoms with Crippen LogP contribution < -0.4 is 5.11 Å². The van der Waals surface area contributed by atoms with Gasteiger partial charge in [-0.25, -0.2) is 0 Å². The van der Waals surface area contributed by atoms with Gasteiger partial charge in [0.2, 0.25) is 0 Å². The lowest BCUT2D eigenvalue weighted by Crippen LogP contribution is -2.33. The van der Waals surface area contributed by atoms with Crippen LogP contribution in [0.1, 0.15) is 5.56 Å². The summed E-state index contributed by atoms with van der Waals surface area (Å²) in [7, 11) is 0. The van der Waals surface area contributed by atoms with Crippen molar-refractivity contribution in [1.29, 1.82) is 0 Å². The Balaban J connectivity index is 3.26. The number of carboxylic acid groups (broad SMARTS) is 1. The monoisotopic (exact) mass is 368 g/mol. The molecule has 1 rings (SSSR count). The SMILES string of the molecule is O=C([O-])C(=O)Cc1c(I)cc(Cl)cc1[N+](=O)[O-]. The zero-order valence-electron chi connectivity index (χ0n) is 8.11. The van der Waals surface area contributed by atoms with Crippen LogP contribution in [0, 0.1) is 13.7 Å². The number of carbonyl (C=O) groups excluding carboxylic acids is 2. The van der Waals surface area contributed by atoms with Gasteiger partial charge >= 0.3 is 0 Å². The molecule has 0 radical (unpaired) electrons. The molecular weight excluding hydrogens is 364 g/mol. The van der Waals surface area contributed by atoms with Gasteiger partial charge in [0, 0.05) is 21.1 Å². The van der Waals surface area contributed by atoms with Crippen molar-refractivity contribution in [2.75, 3.05) is 0 Å². The second-order valence-corrected chi connectivity index (χ2v) is 4.63. The molecule has 0 bridgehead atoms. The van der Waals surface area contributed by atoms with Crippen molar-refractivity contribution in [3.63, 3.8) is 0 Å². The van der Waals surface area contributed by atoms with E-state index in [-0.39, 0.29) is 16.3 Å². The third-order valence-corrected chi connectivity index (χ3v) is 3.08. The average Bonchev–Trinajstić information content (AvgIpc) is 2.20. The van der Waals surface area contributed by atoms with Crippen LogP contribution >= 0.6 is 34.2 Å². The van der Waals surface area contributed by atoms with Gasteiger partial charge in [0.1, 0.15) is 5.97 Å². The zero-order chi connectivity index (χ0) is 13.2. The number of Topliss-reactive ketones (excluding diaryl/α,β-unsaturated/α-hetero) is 1. The first-order valence-corrected chi connectivity index (χ1v) is 5.65. The molecule has 0 aliphatic rings. The molecule has 0 atom stereocenters. The lowest BCUT2D eigenvalue weighted by atomic mass is 10.1. The number of carboxylic acids is 1. The van der Waals surface area contributed by atoms with Crippen molar-refractivity contribution in [2.24, 2.45) is 0 Å². The van der Waals surface area contributed by atoms with E-state index in [1.807, 2.05) is 0 Å². The van der Waals surface area contributed by atoms with Crippen molar-refractivity contribution < 1.29 is 19.6 Å². The van der Waals surface area contributed by atoms with E-state index in [1.54, 1.807) is 22.6 Å². The summed E-state index contributed by atoms with van der Waals surface area (Å²) in [5.74, 6) is -3.08. The lowest BCUT2D eigenvalue weighted by Gasteiger charge is -2.06. The zero-order valence-corrected chi connectivity index (χ0v) is 11.0. The standard InChI is InChI=1S/C9H5ClINO5/c10-4-1-6(11)5(3-8(13)9(14)15)7(2-4)12(16)17/h1-2H,3H2,(H,14,15)/p-1. The molecule has 0 aromatic heterocycles. The van der Waals surface area contributed by atoms with Gasteiger partial charge in [0.15, 0.2) is 5.78 Å². The predicted molar refractivity (Wildman–Crippen MR) is 64.5 cm³/mol. The molecular formula is C9H4ClINO5-. The number of carbonyl (C=O) groups is 2. The summed E-state index contributed by atoms with van der Waals surface area (Å²) in [5, 5.41) is 21.2. The summed E-state index contributed by atoms with van der Waals surface area (Å²) in [5.41, 5.74) is -0.356. The van der Waals surface area contributed by atoms with E-state index in [9.17, 15) is 24.8 Å². The van der Waals surface area contributed by atoms with Gasteiger partial charge in [0.25, 0.3) is 5.69 Å². The fraction of sp³-hybridized carbons (Fsp3) is 0.111. The largest absolute Gasteiger partial charge is 0.542 e. The van der Waals surface area contributed by atoms with Crippen LogP contribution in [-0.2, 0) is 16.0 Å². The Morgan fingerprint density at radius 2 is 2.00 bits per heavy atom. The third kappa shape index (κ3) is 3.37. The highest BCUT2D eigenvalue weighted by molar-refractivity contribution is 14.1. The molecule has 0 unspecified atom stereocenters. The molecule has 6 nitrogen and oxygen atoms in total. The molecule has 0 N–H and O–H groups in total. The Kier molecular flexibility index (Phi) is 4.40. The van der Waals surface area contributed by atoms with Gasteiger partial charge in [-0.15, -0.1) is 0 Å². The fourth-order valence-corrected chi connectivity index (χ4v) is 2.36. The number of hydrogen-bond acceptors (Lipinski definition) is 5. The number of halogens is 2. The van der Waals surface area contributed by atoms with E-state index in [1.165, 1.54) is 6.07 Å². The number of nitro groups is 1. The molecule has 0 fully saturated rings. The Labute approximate surface area is 114 Å². The first-order chi connectivity index (χ1) is 7.82. The normalized spacial score (nSPS) is 10.0. The molecule has 1 aromatic carbocycles. The maximum atomic E-state index is 11.0. The van der Waals surface area contributed by atoms with Crippen LogP contribution in [0.25, 0.3) is 0 Å². The third-order valence-electron chi connectivity index (χ3n) is 1.90. The van der Waals surface area contributed by atoms with Gasteiger partial charge in [-0.2, -0.15) is 0 Å². The molecule has 0 aliphatic carbocycles. The van der Waals surface area contributed by atoms with Crippen molar-refractivity contribution in [1.82, 2.24) is 0 Å². The van der Waals surface area contributed by atoms with Gasteiger partial charge < -0.3 is 9.90 Å². The molecule has 90 valence electrons. The smallest absolute Gasteiger partial charge is 0.275 e. The van der Waals surface area contributed by atoms with Crippen LogP contribution in [0.15, 0.2) is 12.1 Å². The summed E-state index contributed by atoms with van der Waals surface area (Å²) >= 11 is 7.39. The highest BCUT2D eigenvalue weighted by Gasteiger charge is 2.20. The van der Waals surface area contributed by atoms with Gasteiger partial charge in [0.05, 0.1) is 10.5 Å². The second kappa shape index (κ2) is 5.41. The van der Waals surface area contributed by atoms with Crippen LogP contribution in [0.5, 0.6) is 0 Å². The van der Waals surface area contributed by atoms with Crippen LogP contribution in [0.4, 0.5) is 5.69 Å². The van der Waals surface area contributed by atoms with E-state index >= 15 is 0 Å². The summed E-state index contributed by atoms with van der Waals surface area (Å²) in [6.07, 6.45) is -0.589. The van der Waals surface area contributed by atoms with Crippen molar-refractivity contribution in [3.8, 4) is 0 Å². The summed E-state index contributed by atoms with van der Waals surface area (Å²) in [6, 6.07) is 2.48. The number of rotatable bonds is 4. The Bertz CT molecular complexity index is 516. The van der Waals surface area contributed by atoms with E-state index in [4.69, 9.17) is 11.6 Å². The highest BCUT2D eigenvalue weighted by atomic mass is 127. The summed E-state index contributed by atoms with van der Waals surface area (Å²) in [4.78, 5) is 31.3. The van der Waals surface area contributed by atoms with Crippen LogP contribution in [0.3, 0.4) is 0 Å². The topological polar surface area (TPSA) is 100 Å². The molecule has 0 saturated carbocycles. The first kappa shape index (κ1) is 13.8. The second-order valence-electron chi connectivity index (χ2n) is 3.03. The number of benzene rings is 1. The quantitative estimate of drug-likeness (QED) is 0.337. The Hall–Kier alpha value is -1.22. The molecule has 0 aliphatic heterocycles. The molecule has 1 aromatic rings. The minimum absolute atomic E-state index is 0.0224. The lowest BCUT2D eigenvalue weighted by molar-refractivity contribution is -0.385. The van der Waals surface area contributed by atoms with Crippen molar-refractivity contribution in [3.05, 3.63) is 36.4 Å². The molecule has 17 heavy (non-hydrogen) atoms. The number of nitro benzene ring substituents is 1. The van der Waals surface area contributed by atoms with E-state index in [2.05, 4.69) is 0 Å². The predicted octanol–water partition coefficient (Wildman–Crippen LogP) is 0.714. The molecule has 0 amide bonds. The average molecular weight is 368 g/mol. The van der Waals surface area contributed by atoms with Crippen LogP contribution in [0.2, 0.25) is 5.02 Å². The number of ketones is 1. The summed E-state index contributed by atoms with van der Waals surface area (Å²) in [6.45, 7) is 0. The van der Waals surface area contributed by atoms with E-state index in [0.29, 0.717) is 3.57 Å². The van der Waals surface area contributed by atoms with Gasteiger partial charge in [-0.05, 0) is 28.7 Å². The molecule has 8 heteroatoms. The summed E-state index contributed by atoms with van der Waals surface area (Å²) < 4.78 is 0.358. The minimum atomic E-state index is -1.87. The highest BCUT2D eigenvalue weighted by Crippen LogP contribution is 2.28. The van der Waals surface area contributed by atoms with Crippen LogP contribution in [-0.4, -0.2) is 16.7 Å². The van der Waals surface area contributed by atoms with Crippen molar-refractivity contribution >= 4 is 51.6 Å². The maximum absolute atomic E-state index is 11.0. The van der Waals surface area contributed by atoms with Gasteiger partial charge in [-0.3, -0.25) is 14.9 Å². The molecule has 0 saturated heterocycles. The molecule has 0 spiro atoms. The van der Waals surface area contributed by atoms with E-state index in [0.717, 1.165) is 6.07 Å². The van der Waals surface area contributed by atoms with Crippen molar-refractivity contribution in [2.45, 2.75) is 6.42 Å². The van der Waals surface area contributed by atoms with Gasteiger partial charge in [-0.1, -0.05) is 11.6 Å². The number of hydrogen-bond donors (Lipinski definition) is 0. The Morgan fingerprint density at radius 1 is 1.41 bits per heavy atom. The number of aliphatic carboxylic acids is 1. The number of nitrogens with zero attached hydrogens (tertiary/aromatic N) is 1. The fourth-order valence-electron chi connectivity index (χ4n) is 1.16. The first-order valence-electron chi connectivity index (χ1n) is 4.19. The van der Waals surface area contributed by atoms with E-state index < -0.39 is 23.1 Å². The molecule has 0 heterocycles.